The van der Waals surface area contributed by atoms with Crippen LogP contribution in [0, 0.1) is 6.92 Å². The molecule has 0 bridgehead atoms. The van der Waals surface area contributed by atoms with Crippen molar-refractivity contribution < 1.29 is 4.74 Å². The van der Waals surface area contributed by atoms with Crippen molar-refractivity contribution in [2.75, 3.05) is 7.11 Å². The third-order valence-corrected chi connectivity index (χ3v) is 4.30. The molecular formula is C15H15BrClNO. The molecule has 0 amide bonds. The standard InChI is InChI=1S/C15H15BrClNO/c1-9-7-10(3-6-13(9)16)15(18)12-5-4-11(19-2)8-14(12)17/h3-8,15H,18H2,1-2H3. The molecule has 0 saturated carbocycles. The highest BCUT2D eigenvalue weighted by Gasteiger charge is 2.14. The Bertz CT molecular complexity index is 601. The second-order valence-electron chi connectivity index (χ2n) is 4.37. The third-order valence-electron chi connectivity index (χ3n) is 3.08. The number of methoxy groups -OCH3 is 1. The van der Waals surface area contributed by atoms with Gasteiger partial charge in [-0.25, -0.2) is 0 Å². The van der Waals surface area contributed by atoms with Crippen molar-refractivity contribution in [3.63, 3.8) is 0 Å². The lowest BCUT2D eigenvalue weighted by atomic mass is 9.98. The first-order valence-electron chi connectivity index (χ1n) is 5.88. The van der Waals surface area contributed by atoms with Crippen LogP contribution in [-0.2, 0) is 0 Å². The van der Waals surface area contributed by atoms with E-state index in [1.54, 1.807) is 13.2 Å². The molecule has 2 nitrogen and oxygen atoms in total. The van der Waals surface area contributed by atoms with Gasteiger partial charge in [-0.3, -0.25) is 0 Å². The maximum atomic E-state index is 6.29. The molecular weight excluding hydrogens is 326 g/mol. The molecule has 2 aromatic carbocycles. The van der Waals surface area contributed by atoms with E-state index < -0.39 is 0 Å². The number of aryl methyl sites for hydroxylation is 1. The van der Waals surface area contributed by atoms with E-state index in [-0.39, 0.29) is 6.04 Å². The molecule has 1 unspecified atom stereocenters. The van der Waals surface area contributed by atoms with Crippen LogP contribution in [0.15, 0.2) is 40.9 Å². The monoisotopic (exact) mass is 339 g/mol. The van der Waals surface area contributed by atoms with Crippen LogP contribution in [0.2, 0.25) is 5.02 Å². The van der Waals surface area contributed by atoms with Gasteiger partial charge in [0.1, 0.15) is 5.75 Å². The minimum Gasteiger partial charge on any atom is -0.497 e. The second kappa shape index (κ2) is 5.95. The Morgan fingerprint density at radius 3 is 2.53 bits per heavy atom. The van der Waals surface area contributed by atoms with Crippen molar-refractivity contribution in [3.8, 4) is 5.75 Å². The Kier molecular flexibility index (Phi) is 4.50. The fourth-order valence-electron chi connectivity index (χ4n) is 1.93. The van der Waals surface area contributed by atoms with Crippen molar-refractivity contribution in [1.82, 2.24) is 0 Å². The van der Waals surface area contributed by atoms with Gasteiger partial charge in [-0.2, -0.15) is 0 Å². The van der Waals surface area contributed by atoms with Crippen LogP contribution in [0.1, 0.15) is 22.7 Å². The fourth-order valence-corrected chi connectivity index (χ4v) is 2.46. The van der Waals surface area contributed by atoms with Crippen LogP contribution in [0.4, 0.5) is 0 Å². The first-order chi connectivity index (χ1) is 9.02. The Hall–Kier alpha value is -1.03. The zero-order valence-corrected chi connectivity index (χ0v) is 13.1. The van der Waals surface area contributed by atoms with Crippen molar-refractivity contribution in [1.29, 1.82) is 0 Å². The highest BCUT2D eigenvalue weighted by molar-refractivity contribution is 9.10. The minimum atomic E-state index is -0.245. The van der Waals surface area contributed by atoms with E-state index in [0.717, 1.165) is 26.9 Å². The highest BCUT2D eigenvalue weighted by atomic mass is 79.9. The van der Waals surface area contributed by atoms with Crippen LogP contribution in [0.25, 0.3) is 0 Å². The number of hydrogen-bond acceptors (Lipinski definition) is 2. The van der Waals surface area contributed by atoms with E-state index in [4.69, 9.17) is 22.1 Å². The average Bonchev–Trinajstić information content (AvgIpc) is 2.41. The van der Waals surface area contributed by atoms with E-state index in [9.17, 15) is 0 Å². The topological polar surface area (TPSA) is 35.2 Å². The number of benzene rings is 2. The number of halogens is 2. The van der Waals surface area contributed by atoms with Gasteiger partial charge in [0.2, 0.25) is 0 Å². The van der Waals surface area contributed by atoms with Gasteiger partial charge in [0, 0.05) is 9.50 Å². The van der Waals surface area contributed by atoms with Crippen LogP contribution in [0.3, 0.4) is 0 Å². The molecule has 1 atom stereocenters. The van der Waals surface area contributed by atoms with Gasteiger partial charge < -0.3 is 10.5 Å². The summed E-state index contributed by atoms with van der Waals surface area (Å²) in [5.41, 5.74) is 9.37. The molecule has 0 aliphatic heterocycles. The summed E-state index contributed by atoms with van der Waals surface area (Å²) in [6, 6.07) is 11.4. The molecule has 19 heavy (non-hydrogen) atoms. The van der Waals surface area contributed by atoms with Crippen molar-refractivity contribution in [2.24, 2.45) is 5.73 Å². The third kappa shape index (κ3) is 3.11. The molecule has 0 aliphatic carbocycles. The Labute approximate surface area is 126 Å². The molecule has 0 saturated heterocycles. The van der Waals surface area contributed by atoms with Gasteiger partial charge in [-0.05, 0) is 41.8 Å². The van der Waals surface area contributed by atoms with Crippen LogP contribution in [0.5, 0.6) is 5.75 Å². The molecule has 0 aliphatic rings. The van der Waals surface area contributed by atoms with Gasteiger partial charge in [0.05, 0.1) is 13.2 Å². The molecule has 0 heterocycles. The lowest BCUT2D eigenvalue weighted by molar-refractivity contribution is 0.414. The number of hydrogen-bond donors (Lipinski definition) is 1. The zero-order valence-electron chi connectivity index (χ0n) is 10.8. The molecule has 100 valence electrons. The van der Waals surface area contributed by atoms with E-state index in [2.05, 4.69) is 22.0 Å². The van der Waals surface area contributed by atoms with Gasteiger partial charge >= 0.3 is 0 Å². The SMILES string of the molecule is COc1ccc(C(N)c2ccc(Br)c(C)c2)c(Cl)c1. The van der Waals surface area contributed by atoms with Gasteiger partial charge in [0.15, 0.2) is 0 Å². The first kappa shape index (κ1) is 14.4. The van der Waals surface area contributed by atoms with Crippen molar-refractivity contribution in [2.45, 2.75) is 13.0 Å². The van der Waals surface area contributed by atoms with Crippen LogP contribution >= 0.6 is 27.5 Å². The first-order valence-corrected chi connectivity index (χ1v) is 7.05. The van der Waals surface area contributed by atoms with Crippen molar-refractivity contribution in [3.05, 3.63) is 62.6 Å². The van der Waals surface area contributed by atoms with Gasteiger partial charge in [-0.15, -0.1) is 0 Å². The normalized spacial score (nSPS) is 12.3. The molecule has 0 spiro atoms. The summed E-state index contributed by atoms with van der Waals surface area (Å²) in [5, 5.41) is 0.618. The molecule has 0 fully saturated rings. The maximum Gasteiger partial charge on any atom is 0.120 e. The van der Waals surface area contributed by atoms with Crippen LogP contribution in [-0.4, -0.2) is 7.11 Å². The number of rotatable bonds is 3. The summed E-state index contributed by atoms with van der Waals surface area (Å²) in [6.45, 7) is 2.04. The molecule has 2 aromatic rings. The minimum absolute atomic E-state index is 0.245. The predicted molar refractivity (Wildman–Crippen MR) is 82.9 cm³/mol. The van der Waals surface area contributed by atoms with E-state index in [0.29, 0.717) is 5.02 Å². The molecule has 2 rings (SSSR count). The van der Waals surface area contributed by atoms with Gasteiger partial charge in [0.25, 0.3) is 0 Å². The smallest absolute Gasteiger partial charge is 0.120 e. The number of ether oxygens (including phenoxy) is 1. The summed E-state index contributed by atoms with van der Waals surface area (Å²) in [4.78, 5) is 0. The molecule has 0 radical (unpaired) electrons. The van der Waals surface area contributed by atoms with Crippen molar-refractivity contribution >= 4 is 27.5 Å². The zero-order chi connectivity index (χ0) is 14.0. The lowest BCUT2D eigenvalue weighted by Gasteiger charge is -2.16. The average molecular weight is 341 g/mol. The van der Waals surface area contributed by atoms with E-state index >= 15 is 0 Å². The maximum absolute atomic E-state index is 6.29. The molecule has 2 N–H and O–H groups in total. The summed E-state index contributed by atoms with van der Waals surface area (Å²) >= 11 is 9.74. The predicted octanol–water partition coefficient (Wildman–Crippen LogP) is 4.47. The van der Waals surface area contributed by atoms with Gasteiger partial charge in [-0.1, -0.05) is 45.7 Å². The van der Waals surface area contributed by atoms with Crippen LogP contribution < -0.4 is 10.5 Å². The molecule has 0 aromatic heterocycles. The Morgan fingerprint density at radius 2 is 1.95 bits per heavy atom. The second-order valence-corrected chi connectivity index (χ2v) is 5.64. The lowest BCUT2D eigenvalue weighted by Crippen LogP contribution is -2.12. The summed E-state index contributed by atoms with van der Waals surface area (Å²) < 4.78 is 6.21. The summed E-state index contributed by atoms with van der Waals surface area (Å²) in [5.74, 6) is 0.730. The largest absolute Gasteiger partial charge is 0.497 e. The Balaban J connectivity index is 2.38. The molecule has 4 heteroatoms. The summed E-state index contributed by atoms with van der Waals surface area (Å²) in [7, 11) is 1.61. The quantitative estimate of drug-likeness (QED) is 0.895. The Morgan fingerprint density at radius 1 is 1.21 bits per heavy atom. The fraction of sp³-hybridized carbons (Fsp3) is 0.200. The highest BCUT2D eigenvalue weighted by Crippen LogP contribution is 2.31. The summed E-state index contributed by atoms with van der Waals surface area (Å²) in [6.07, 6.45) is 0. The van der Waals surface area contributed by atoms with E-state index in [1.165, 1.54) is 0 Å². The van der Waals surface area contributed by atoms with E-state index in [1.807, 2.05) is 31.2 Å². The number of nitrogens with two attached hydrogens (primary N) is 1.